The minimum absolute atomic E-state index is 0.103. The summed E-state index contributed by atoms with van der Waals surface area (Å²) in [6, 6.07) is 7.99. The molecule has 29 heavy (non-hydrogen) atoms. The van der Waals surface area contributed by atoms with E-state index in [0.29, 0.717) is 5.92 Å². The molecule has 5 heteroatoms. The van der Waals surface area contributed by atoms with E-state index in [-0.39, 0.29) is 5.78 Å². The minimum Gasteiger partial charge on any atom is -0.390 e. The van der Waals surface area contributed by atoms with Gasteiger partial charge in [0.15, 0.2) is 5.78 Å². The first-order chi connectivity index (χ1) is 14.2. The summed E-state index contributed by atoms with van der Waals surface area (Å²) in [5.41, 5.74) is 9.30. The van der Waals surface area contributed by atoms with Gasteiger partial charge in [0.05, 0.1) is 5.00 Å². The molecule has 0 unspecified atom stereocenters. The number of hydrogen-bond donors (Lipinski definition) is 1. The average Bonchev–Trinajstić information content (AvgIpc) is 3.38. The maximum Gasteiger partial charge on any atom is 0.193 e. The van der Waals surface area contributed by atoms with Crippen molar-refractivity contribution >= 4 is 43.5 Å². The number of nitrogens with zero attached hydrogens (tertiary/aromatic N) is 1. The van der Waals surface area contributed by atoms with Crippen LogP contribution in [0, 0.1) is 0 Å². The predicted octanol–water partition coefficient (Wildman–Crippen LogP) is 6.54. The van der Waals surface area contributed by atoms with Crippen molar-refractivity contribution in [1.29, 1.82) is 0 Å². The molecule has 1 fully saturated rings. The fourth-order valence-corrected chi connectivity index (χ4v) is 6.14. The first kappa shape index (κ1) is 20.6. The van der Waals surface area contributed by atoms with Gasteiger partial charge in [-0.25, -0.2) is 0 Å². The van der Waals surface area contributed by atoms with Crippen molar-refractivity contribution < 1.29 is 4.79 Å². The topological polar surface area (TPSA) is 46.3 Å². The first-order valence-electron chi connectivity index (χ1n) is 10.8. The summed E-state index contributed by atoms with van der Waals surface area (Å²) in [5.74, 6) is 0.605. The number of carbonyl (C=O) groups is 1. The highest BCUT2D eigenvalue weighted by molar-refractivity contribution is 7.22. The van der Waals surface area contributed by atoms with Gasteiger partial charge in [0, 0.05) is 21.2 Å². The van der Waals surface area contributed by atoms with Crippen molar-refractivity contribution in [3.63, 3.8) is 0 Å². The van der Waals surface area contributed by atoms with Gasteiger partial charge < -0.3 is 10.6 Å². The van der Waals surface area contributed by atoms with Crippen LogP contribution >= 0.6 is 22.7 Å². The van der Waals surface area contributed by atoms with Crippen LogP contribution in [0.3, 0.4) is 0 Å². The number of likely N-dealkylation sites (tertiary alicyclic amines) is 1. The minimum atomic E-state index is 0.103. The number of anilines is 1. The number of rotatable bonds is 8. The predicted molar refractivity (Wildman–Crippen MR) is 127 cm³/mol. The van der Waals surface area contributed by atoms with E-state index in [0.717, 1.165) is 42.1 Å². The number of carbonyl (C=O) groups excluding carboxylic acids is 1. The van der Waals surface area contributed by atoms with E-state index in [1.807, 2.05) is 22.9 Å². The third-order valence-corrected chi connectivity index (χ3v) is 7.82. The lowest BCUT2D eigenvalue weighted by Gasteiger charge is -2.32. The number of unbranched alkanes of at least 4 members (excludes halogenated alkanes) is 3. The maximum absolute atomic E-state index is 12.8. The van der Waals surface area contributed by atoms with Crippen molar-refractivity contribution in [2.45, 2.75) is 51.4 Å². The summed E-state index contributed by atoms with van der Waals surface area (Å²) in [5, 5.41) is 6.00. The molecule has 1 aromatic carbocycles. The lowest BCUT2D eigenvalue weighted by Crippen LogP contribution is -2.33. The Hall–Kier alpha value is -1.69. The monoisotopic (exact) mass is 426 g/mol. The van der Waals surface area contributed by atoms with Gasteiger partial charge in [-0.1, -0.05) is 26.2 Å². The van der Waals surface area contributed by atoms with E-state index >= 15 is 0 Å². The van der Waals surface area contributed by atoms with Crippen LogP contribution in [0.25, 0.3) is 10.1 Å². The van der Waals surface area contributed by atoms with Gasteiger partial charge in [0.25, 0.3) is 0 Å². The smallest absolute Gasteiger partial charge is 0.193 e. The van der Waals surface area contributed by atoms with Crippen molar-refractivity contribution in [3.05, 3.63) is 51.7 Å². The summed E-state index contributed by atoms with van der Waals surface area (Å²) >= 11 is 3.23. The van der Waals surface area contributed by atoms with Gasteiger partial charge in [0.1, 0.15) is 0 Å². The third kappa shape index (κ3) is 4.57. The highest BCUT2D eigenvalue weighted by Crippen LogP contribution is 2.42. The molecule has 0 atom stereocenters. The largest absolute Gasteiger partial charge is 0.390 e. The van der Waals surface area contributed by atoms with Gasteiger partial charge in [-0.3, -0.25) is 4.79 Å². The standard InChI is InChI=1S/C24H30N2OS2/c1-2-3-4-5-11-26-12-8-17(9-13-26)22-20-15-18(6-7-21(20)29-24(22)25)23(27)19-10-14-28-16-19/h6-7,10,14-17H,2-5,8-9,11-13,25H2,1H3. The van der Waals surface area contributed by atoms with Crippen molar-refractivity contribution in [2.24, 2.45) is 0 Å². The second-order valence-electron chi connectivity index (χ2n) is 8.11. The molecule has 154 valence electrons. The van der Waals surface area contributed by atoms with Gasteiger partial charge >= 0.3 is 0 Å². The summed E-state index contributed by atoms with van der Waals surface area (Å²) in [6.45, 7) is 5.80. The number of fused-ring (bicyclic) bond motifs is 1. The van der Waals surface area contributed by atoms with E-state index in [1.54, 1.807) is 22.7 Å². The maximum atomic E-state index is 12.8. The highest BCUT2D eigenvalue weighted by atomic mass is 32.1. The van der Waals surface area contributed by atoms with Crippen LogP contribution in [0.5, 0.6) is 0 Å². The Kier molecular flexibility index (Phi) is 6.68. The van der Waals surface area contributed by atoms with Gasteiger partial charge in [-0.15, -0.1) is 11.3 Å². The third-order valence-electron chi connectivity index (χ3n) is 6.12. The molecule has 2 aromatic heterocycles. The lowest BCUT2D eigenvalue weighted by molar-refractivity contribution is 0.103. The molecule has 0 amide bonds. The number of nitrogen functional groups attached to an aromatic ring is 1. The van der Waals surface area contributed by atoms with Gasteiger partial charge in [-0.2, -0.15) is 11.3 Å². The highest BCUT2D eigenvalue weighted by Gasteiger charge is 2.25. The quantitative estimate of drug-likeness (QED) is 0.329. The van der Waals surface area contributed by atoms with E-state index in [1.165, 1.54) is 47.9 Å². The summed E-state index contributed by atoms with van der Waals surface area (Å²) in [6.07, 6.45) is 7.62. The number of benzene rings is 1. The molecule has 3 aromatic rings. The second kappa shape index (κ2) is 9.41. The Bertz CT molecular complexity index is 953. The van der Waals surface area contributed by atoms with Crippen LogP contribution in [0.4, 0.5) is 5.00 Å². The fraction of sp³-hybridized carbons (Fsp3) is 0.458. The molecule has 0 aliphatic carbocycles. The molecule has 3 heterocycles. The molecule has 1 aliphatic rings. The molecule has 0 spiro atoms. The van der Waals surface area contributed by atoms with Crippen LogP contribution in [-0.4, -0.2) is 30.3 Å². The molecule has 1 saturated heterocycles. The van der Waals surface area contributed by atoms with E-state index in [2.05, 4.69) is 24.0 Å². The van der Waals surface area contributed by atoms with Crippen molar-refractivity contribution in [3.8, 4) is 0 Å². The molecular weight excluding hydrogens is 396 g/mol. The van der Waals surface area contributed by atoms with E-state index in [4.69, 9.17) is 5.73 Å². The number of hydrogen-bond acceptors (Lipinski definition) is 5. The summed E-state index contributed by atoms with van der Waals surface area (Å²) in [7, 11) is 0. The first-order valence-corrected chi connectivity index (χ1v) is 12.5. The lowest BCUT2D eigenvalue weighted by atomic mass is 9.88. The van der Waals surface area contributed by atoms with E-state index in [9.17, 15) is 4.79 Å². The number of ketones is 1. The van der Waals surface area contributed by atoms with Crippen molar-refractivity contribution in [2.75, 3.05) is 25.4 Å². The van der Waals surface area contributed by atoms with Crippen LogP contribution in [0.15, 0.2) is 35.0 Å². The fourth-order valence-electron chi connectivity index (χ4n) is 4.47. The van der Waals surface area contributed by atoms with Crippen LogP contribution in [-0.2, 0) is 0 Å². The average molecular weight is 427 g/mol. The number of nitrogens with two attached hydrogens (primary N) is 1. The number of piperidine rings is 1. The number of thiophene rings is 2. The Morgan fingerprint density at radius 2 is 1.97 bits per heavy atom. The zero-order valence-corrected chi connectivity index (χ0v) is 18.8. The Balaban J connectivity index is 1.50. The normalized spacial score (nSPS) is 15.9. The molecule has 0 radical (unpaired) electrons. The van der Waals surface area contributed by atoms with Gasteiger partial charge in [0.2, 0.25) is 0 Å². The summed E-state index contributed by atoms with van der Waals surface area (Å²) in [4.78, 5) is 15.4. The molecule has 3 nitrogen and oxygen atoms in total. The Labute approximate surface area is 181 Å². The second-order valence-corrected chi connectivity index (χ2v) is 9.97. The van der Waals surface area contributed by atoms with Crippen molar-refractivity contribution in [1.82, 2.24) is 4.90 Å². The van der Waals surface area contributed by atoms with E-state index < -0.39 is 0 Å². The molecule has 0 saturated carbocycles. The van der Waals surface area contributed by atoms with Crippen LogP contribution in [0.2, 0.25) is 0 Å². The molecule has 4 rings (SSSR count). The Morgan fingerprint density at radius 1 is 1.14 bits per heavy atom. The zero-order chi connectivity index (χ0) is 20.2. The zero-order valence-electron chi connectivity index (χ0n) is 17.2. The Morgan fingerprint density at radius 3 is 2.69 bits per heavy atom. The molecular formula is C24H30N2OS2. The van der Waals surface area contributed by atoms with Crippen LogP contribution < -0.4 is 5.73 Å². The molecule has 2 N–H and O–H groups in total. The van der Waals surface area contributed by atoms with Gasteiger partial charge in [-0.05, 0) is 85.4 Å². The SMILES string of the molecule is CCCCCCN1CCC(c2c(N)sc3ccc(C(=O)c4ccsc4)cc23)CC1. The molecule has 0 bridgehead atoms. The molecule has 1 aliphatic heterocycles. The summed E-state index contributed by atoms with van der Waals surface area (Å²) < 4.78 is 1.20. The van der Waals surface area contributed by atoms with Crippen LogP contribution in [0.1, 0.15) is 72.9 Å².